The van der Waals surface area contributed by atoms with Gasteiger partial charge in [0.1, 0.15) is 5.92 Å². The number of amides is 1. The molecule has 0 unspecified atom stereocenters. The Morgan fingerprint density at radius 3 is 2.58 bits per heavy atom. The highest BCUT2D eigenvalue weighted by Gasteiger charge is 2.55. The van der Waals surface area contributed by atoms with Crippen LogP contribution >= 0.6 is 0 Å². The molecule has 0 aromatic carbocycles. The molecule has 2 N–H and O–H groups in total. The van der Waals surface area contributed by atoms with E-state index in [0.717, 1.165) is 19.3 Å². The monoisotopic (exact) mass is 169 g/mol. The van der Waals surface area contributed by atoms with Gasteiger partial charge in [0.25, 0.3) is 0 Å². The molecule has 4 nitrogen and oxygen atoms in total. The van der Waals surface area contributed by atoms with E-state index in [1.807, 2.05) is 0 Å². The maximum atomic E-state index is 11.1. The van der Waals surface area contributed by atoms with Gasteiger partial charge in [-0.2, -0.15) is 0 Å². The molecular formula is C8H11NO3. The van der Waals surface area contributed by atoms with E-state index >= 15 is 0 Å². The summed E-state index contributed by atoms with van der Waals surface area (Å²) in [6.45, 7) is 0.558. The van der Waals surface area contributed by atoms with E-state index in [2.05, 4.69) is 5.32 Å². The highest BCUT2D eigenvalue weighted by Crippen LogP contribution is 2.49. The Kier molecular flexibility index (Phi) is 1.40. The summed E-state index contributed by atoms with van der Waals surface area (Å²) in [6, 6.07) is 0. The van der Waals surface area contributed by atoms with Crippen LogP contribution in [0.4, 0.5) is 0 Å². The van der Waals surface area contributed by atoms with Crippen LogP contribution in [-0.2, 0) is 9.59 Å². The van der Waals surface area contributed by atoms with E-state index in [1.54, 1.807) is 0 Å². The fourth-order valence-corrected chi connectivity index (χ4v) is 2.22. The number of carbonyl (C=O) groups is 2. The van der Waals surface area contributed by atoms with Crippen molar-refractivity contribution >= 4 is 11.9 Å². The number of carboxylic acids is 1. The smallest absolute Gasteiger partial charge is 0.316 e. The van der Waals surface area contributed by atoms with Crippen molar-refractivity contribution in [3.63, 3.8) is 0 Å². The average molecular weight is 169 g/mol. The fraction of sp³-hybridized carbons (Fsp3) is 0.750. The van der Waals surface area contributed by atoms with E-state index in [4.69, 9.17) is 5.11 Å². The quantitative estimate of drug-likeness (QED) is 0.542. The highest BCUT2D eigenvalue weighted by molar-refractivity contribution is 5.99. The van der Waals surface area contributed by atoms with Crippen LogP contribution < -0.4 is 5.32 Å². The van der Waals surface area contributed by atoms with Gasteiger partial charge in [0.05, 0.1) is 0 Å². The first-order chi connectivity index (χ1) is 5.66. The van der Waals surface area contributed by atoms with Crippen molar-refractivity contribution in [3.05, 3.63) is 0 Å². The third-order valence-electron chi connectivity index (χ3n) is 3.09. The summed E-state index contributed by atoms with van der Waals surface area (Å²) in [7, 11) is 0. The van der Waals surface area contributed by atoms with Gasteiger partial charge in [0.15, 0.2) is 0 Å². The van der Waals surface area contributed by atoms with Gasteiger partial charge >= 0.3 is 5.97 Å². The SMILES string of the molecule is O=C(O)[C@@H]1C(=O)NCC12CCC2. The molecular weight excluding hydrogens is 158 g/mol. The second-order valence-electron chi connectivity index (χ2n) is 3.70. The Morgan fingerprint density at radius 2 is 2.25 bits per heavy atom. The molecule has 2 rings (SSSR count). The largest absolute Gasteiger partial charge is 0.481 e. The van der Waals surface area contributed by atoms with Crippen LogP contribution in [0.2, 0.25) is 0 Å². The molecule has 0 bridgehead atoms. The minimum Gasteiger partial charge on any atom is -0.481 e. The zero-order valence-corrected chi connectivity index (χ0v) is 6.67. The van der Waals surface area contributed by atoms with Crippen LogP contribution in [0.1, 0.15) is 19.3 Å². The van der Waals surface area contributed by atoms with Crippen molar-refractivity contribution in [2.45, 2.75) is 19.3 Å². The molecule has 1 aliphatic carbocycles. The molecule has 2 aliphatic rings. The molecule has 4 heteroatoms. The maximum absolute atomic E-state index is 11.1. The first-order valence-electron chi connectivity index (χ1n) is 4.16. The standard InChI is InChI=1S/C8H11NO3/c10-6-5(7(11)12)8(4-9-6)2-1-3-8/h5H,1-4H2,(H,9,10)(H,11,12)/t5-/m0/s1. The Morgan fingerprint density at radius 1 is 1.58 bits per heavy atom. The second-order valence-corrected chi connectivity index (χ2v) is 3.70. The lowest BCUT2D eigenvalue weighted by molar-refractivity contribution is -0.151. The Labute approximate surface area is 69.9 Å². The van der Waals surface area contributed by atoms with Crippen molar-refractivity contribution in [1.29, 1.82) is 0 Å². The van der Waals surface area contributed by atoms with Crippen LogP contribution in [0.15, 0.2) is 0 Å². The third-order valence-corrected chi connectivity index (χ3v) is 3.09. The van der Waals surface area contributed by atoms with Crippen molar-refractivity contribution in [2.24, 2.45) is 11.3 Å². The summed E-state index contributed by atoms with van der Waals surface area (Å²) in [5.74, 6) is -2.06. The molecule has 1 amide bonds. The van der Waals surface area contributed by atoms with Gasteiger partial charge in [-0.15, -0.1) is 0 Å². The number of hydrogen-bond donors (Lipinski definition) is 2. The molecule has 66 valence electrons. The molecule has 2 fully saturated rings. The van der Waals surface area contributed by atoms with Gasteiger partial charge in [-0.25, -0.2) is 0 Å². The van der Waals surface area contributed by atoms with E-state index in [-0.39, 0.29) is 11.3 Å². The average Bonchev–Trinajstić information content (AvgIpc) is 2.25. The highest BCUT2D eigenvalue weighted by atomic mass is 16.4. The minimum atomic E-state index is -0.968. The van der Waals surface area contributed by atoms with E-state index in [0.29, 0.717) is 6.54 Å². The topological polar surface area (TPSA) is 66.4 Å². The van der Waals surface area contributed by atoms with Gasteiger partial charge in [-0.3, -0.25) is 9.59 Å². The number of carbonyl (C=O) groups excluding carboxylic acids is 1. The van der Waals surface area contributed by atoms with Gasteiger partial charge in [0.2, 0.25) is 5.91 Å². The first kappa shape index (κ1) is 7.58. The van der Waals surface area contributed by atoms with Crippen molar-refractivity contribution in [3.8, 4) is 0 Å². The van der Waals surface area contributed by atoms with Crippen LogP contribution in [0.25, 0.3) is 0 Å². The van der Waals surface area contributed by atoms with Gasteiger partial charge in [0, 0.05) is 12.0 Å². The van der Waals surface area contributed by atoms with Gasteiger partial charge in [-0.05, 0) is 12.8 Å². The molecule has 1 spiro atoms. The van der Waals surface area contributed by atoms with E-state index < -0.39 is 11.9 Å². The zero-order valence-electron chi connectivity index (χ0n) is 6.67. The Bertz CT molecular complexity index is 245. The third kappa shape index (κ3) is 0.777. The summed E-state index contributed by atoms with van der Waals surface area (Å²) in [5.41, 5.74) is -0.233. The molecule has 1 saturated carbocycles. The molecule has 0 aromatic heterocycles. The molecule has 1 saturated heterocycles. The number of aliphatic carboxylic acids is 1. The van der Waals surface area contributed by atoms with Gasteiger partial charge in [-0.1, -0.05) is 6.42 Å². The number of nitrogens with one attached hydrogen (secondary N) is 1. The lowest BCUT2D eigenvalue weighted by Crippen LogP contribution is -2.41. The minimum absolute atomic E-state index is 0.233. The van der Waals surface area contributed by atoms with Gasteiger partial charge < -0.3 is 10.4 Å². The summed E-state index contributed by atoms with van der Waals surface area (Å²) >= 11 is 0. The number of hydrogen-bond acceptors (Lipinski definition) is 2. The molecule has 0 radical (unpaired) electrons. The molecule has 1 heterocycles. The van der Waals surface area contributed by atoms with Crippen LogP contribution in [-0.4, -0.2) is 23.5 Å². The number of rotatable bonds is 1. The molecule has 1 atom stereocenters. The predicted octanol–water partition coefficient (Wildman–Crippen LogP) is -0.0127. The van der Waals surface area contributed by atoms with Crippen molar-refractivity contribution < 1.29 is 14.7 Å². The fourth-order valence-electron chi connectivity index (χ4n) is 2.22. The maximum Gasteiger partial charge on any atom is 0.316 e. The normalized spacial score (nSPS) is 31.3. The van der Waals surface area contributed by atoms with Crippen LogP contribution in [0.5, 0.6) is 0 Å². The van der Waals surface area contributed by atoms with Crippen LogP contribution in [0, 0.1) is 11.3 Å². The summed E-state index contributed by atoms with van der Waals surface area (Å²) < 4.78 is 0. The predicted molar refractivity (Wildman–Crippen MR) is 40.4 cm³/mol. The summed E-state index contributed by atoms with van der Waals surface area (Å²) in [4.78, 5) is 21.9. The zero-order chi connectivity index (χ0) is 8.77. The van der Waals surface area contributed by atoms with Crippen LogP contribution in [0.3, 0.4) is 0 Å². The lowest BCUT2D eigenvalue weighted by Gasteiger charge is -2.39. The Hall–Kier alpha value is -1.06. The molecule has 12 heavy (non-hydrogen) atoms. The van der Waals surface area contributed by atoms with Crippen molar-refractivity contribution in [2.75, 3.05) is 6.54 Å². The Balaban J connectivity index is 2.25. The lowest BCUT2D eigenvalue weighted by atomic mass is 9.63. The van der Waals surface area contributed by atoms with Crippen molar-refractivity contribution in [1.82, 2.24) is 5.32 Å². The summed E-state index contributed by atoms with van der Waals surface area (Å²) in [5, 5.41) is 11.4. The second kappa shape index (κ2) is 2.21. The first-order valence-corrected chi connectivity index (χ1v) is 4.16. The number of carboxylic acid groups (broad SMARTS) is 1. The van der Waals surface area contributed by atoms with E-state index in [9.17, 15) is 9.59 Å². The molecule has 1 aliphatic heterocycles. The van der Waals surface area contributed by atoms with E-state index in [1.165, 1.54) is 0 Å². The summed E-state index contributed by atoms with van der Waals surface area (Å²) in [6.07, 6.45) is 2.81. The molecule has 0 aromatic rings.